The number of ether oxygens (including phenoxy) is 1. The Bertz CT molecular complexity index is 564. The molecule has 4 nitrogen and oxygen atoms in total. The highest BCUT2D eigenvalue weighted by Gasteiger charge is 2.29. The molecule has 1 saturated heterocycles. The Balaban J connectivity index is 1.59. The monoisotopic (exact) mass is 320 g/mol. The van der Waals surface area contributed by atoms with Crippen LogP contribution in [0, 0.1) is 11.7 Å². The average Bonchev–Trinajstić information content (AvgIpc) is 3.02. The van der Waals surface area contributed by atoms with Crippen molar-refractivity contribution in [1.82, 2.24) is 10.2 Å². The van der Waals surface area contributed by atoms with Crippen molar-refractivity contribution in [3.63, 3.8) is 0 Å². The van der Waals surface area contributed by atoms with Crippen LogP contribution in [0.15, 0.2) is 18.2 Å². The van der Waals surface area contributed by atoms with Crippen LogP contribution < -0.4 is 5.32 Å². The molecule has 23 heavy (non-hydrogen) atoms. The van der Waals surface area contributed by atoms with Crippen LogP contribution in [0.5, 0.6) is 0 Å². The molecule has 2 aliphatic rings. The van der Waals surface area contributed by atoms with E-state index in [1.165, 1.54) is 6.07 Å². The number of aryl methyl sites for hydroxylation is 1. The van der Waals surface area contributed by atoms with Crippen LogP contribution in [0.4, 0.5) is 9.18 Å². The van der Waals surface area contributed by atoms with Crippen molar-refractivity contribution in [3.05, 3.63) is 35.1 Å². The molecule has 0 spiro atoms. The van der Waals surface area contributed by atoms with Crippen molar-refractivity contribution in [2.24, 2.45) is 5.92 Å². The fourth-order valence-corrected chi connectivity index (χ4v) is 3.61. The number of halogens is 1. The Morgan fingerprint density at radius 2 is 2.30 bits per heavy atom. The number of hydrogen-bond donors (Lipinski definition) is 1. The summed E-state index contributed by atoms with van der Waals surface area (Å²) in [6.07, 6.45) is 3.79. The van der Waals surface area contributed by atoms with Gasteiger partial charge in [0.05, 0.1) is 12.6 Å². The smallest absolute Gasteiger partial charge is 0.317 e. The second-order valence-corrected chi connectivity index (χ2v) is 6.50. The lowest BCUT2D eigenvalue weighted by molar-refractivity contribution is 0.113. The molecule has 1 aromatic carbocycles. The summed E-state index contributed by atoms with van der Waals surface area (Å²) in [7, 11) is 0. The van der Waals surface area contributed by atoms with Gasteiger partial charge in [-0.1, -0.05) is 6.07 Å². The van der Waals surface area contributed by atoms with Crippen LogP contribution in [-0.2, 0) is 11.2 Å². The number of carbonyl (C=O) groups excluding carboxylic acids is 1. The number of benzene rings is 1. The summed E-state index contributed by atoms with van der Waals surface area (Å²) in [4.78, 5) is 14.4. The Hall–Kier alpha value is -1.62. The summed E-state index contributed by atoms with van der Waals surface area (Å²) in [5.74, 6) is 0.238. The number of urea groups is 1. The van der Waals surface area contributed by atoms with Gasteiger partial charge in [0.1, 0.15) is 5.82 Å². The number of carbonyl (C=O) groups is 1. The summed E-state index contributed by atoms with van der Waals surface area (Å²) < 4.78 is 18.8. The van der Waals surface area contributed by atoms with Gasteiger partial charge in [0.25, 0.3) is 0 Å². The first kappa shape index (κ1) is 16.2. The van der Waals surface area contributed by atoms with Crippen molar-refractivity contribution in [2.75, 3.05) is 26.3 Å². The summed E-state index contributed by atoms with van der Waals surface area (Å²) in [6.45, 7) is 4.98. The summed E-state index contributed by atoms with van der Waals surface area (Å²) in [5.41, 5.74) is 2.09. The van der Waals surface area contributed by atoms with E-state index in [1.807, 2.05) is 17.9 Å². The number of nitrogens with one attached hydrogen (secondary N) is 1. The standard InChI is InChI=1S/C18H25FN2O2/c1-2-23-12-13-8-9-21(11-13)18(22)20-17-5-3-4-14-10-15(19)6-7-16(14)17/h6-7,10,13,17H,2-5,8-9,11-12H2,1H3,(H,20,22). The predicted octanol–water partition coefficient (Wildman–Crippen LogP) is 3.27. The molecule has 0 aromatic heterocycles. The van der Waals surface area contributed by atoms with Crippen LogP contribution in [-0.4, -0.2) is 37.2 Å². The predicted molar refractivity (Wildman–Crippen MR) is 86.8 cm³/mol. The highest BCUT2D eigenvalue weighted by molar-refractivity contribution is 5.75. The quantitative estimate of drug-likeness (QED) is 0.925. The zero-order chi connectivity index (χ0) is 16.2. The Kier molecular flexibility index (Phi) is 5.16. The van der Waals surface area contributed by atoms with Gasteiger partial charge in [-0.3, -0.25) is 0 Å². The van der Waals surface area contributed by atoms with Gasteiger partial charge in [0.2, 0.25) is 0 Å². The molecule has 1 aliphatic heterocycles. The minimum Gasteiger partial charge on any atom is -0.381 e. The van der Waals surface area contributed by atoms with E-state index in [2.05, 4.69) is 5.32 Å². The maximum Gasteiger partial charge on any atom is 0.317 e. The van der Waals surface area contributed by atoms with Gasteiger partial charge in [0, 0.05) is 25.6 Å². The molecular weight excluding hydrogens is 295 g/mol. The summed E-state index contributed by atoms with van der Waals surface area (Å²) in [6, 6.07) is 4.89. The molecule has 2 unspecified atom stereocenters. The molecule has 1 fully saturated rings. The van der Waals surface area contributed by atoms with E-state index < -0.39 is 0 Å². The van der Waals surface area contributed by atoms with E-state index in [9.17, 15) is 9.18 Å². The van der Waals surface area contributed by atoms with Gasteiger partial charge in [-0.15, -0.1) is 0 Å². The average molecular weight is 320 g/mol. The van der Waals surface area contributed by atoms with E-state index >= 15 is 0 Å². The van der Waals surface area contributed by atoms with Gasteiger partial charge in [-0.05, 0) is 55.9 Å². The number of rotatable bonds is 4. The normalized spacial score (nSPS) is 23.7. The van der Waals surface area contributed by atoms with Crippen molar-refractivity contribution in [2.45, 2.75) is 38.6 Å². The molecular formula is C18H25FN2O2. The first-order valence-electron chi connectivity index (χ1n) is 8.59. The number of fused-ring (bicyclic) bond motifs is 1. The Morgan fingerprint density at radius 1 is 1.43 bits per heavy atom. The summed E-state index contributed by atoms with van der Waals surface area (Å²) >= 11 is 0. The molecule has 0 radical (unpaired) electrons. The first-order chi connectivity index (χ1) is 11.2. The maximum atomic E-state index is 13.4. The molecule has 0 saturated carbocycles. The van der Waals surface area contributed by atoms with Crippen molar-refractivity contribution < 1.29 is 13.9 Å². The minimum absolute atomic E-state index is 0.00204. The zero-order valence-corrected chi connectivity index (χ0v) is 13.7. The lowest BCUT2D eigenvalue weighted by Gasteiger charge is -2.28. The lowest BCUT2D eigenvalue weighted by atomic mass is 9.87. The van der Waals surface area contributed by atoms with Crippen LogP contribution in [0.2, 0.25) is 0 Å². The highest BCUT2D eigenvalue weighted by atomic mass is 19.1. The number of nitrogens with zero attached hydrogens (tertiary/aromatic N) is 1. The fourth-order valence-electron chi connectivity index (χ4n) is 3.61. The third kappa shape index (κ3) is 3.83. The second kappa shape index (κ2) is 7.30. The van der Waals surface area contributed by atoms with E-state index in [0.29, 0.717) is 5.92 Å². The largest absolute Gasteiger partial charge is 0.381 e. The molecule has 5 heteroatoms. The minimum atomic E-state index is -0.200. The Morgan fingerprint density at radius 3 is 3.13 bits per heavy atom. The molecule has 0 bridgehead atoms. The molecule has 1 heterocycles. The highest BCUT2D eigenvalue weighted by Crippen LogP contribution is 2.30. The number of likely N-dealkylation sites (tertiary alicyclic amines) is 1. The van der Waals surface area contributed by atoms with Gasteiger partial charge in [-0.25, -0.2) is 9.18 Å². The van der Waals surface area contributed by atoms with E-state index in [0.717, 1.165) is 63.1 Å². The van der Waals surface area contributed by atoms with Gasteiger partial charge >= 0.3 is 6.03 Å². The molecule has 2 amide bonds. The van der Waals surface area contributed by atoms with Crippen LogP contribution in [0.1, 0.15) is 43.4 Å². The Labute approximate surface area is 137 Å². The molecule has 2 atom stereocenters. The van der Waals surface area contributed by atoms with E-state index in [-0.39, 0.29) is 17.9 Å². The third-order valence-electron chi connectivity index (χ3n) is 4.85. The zero-order valence-electron chi connectivity index (χ0n) is 13.7. The van der Waals surface area contributed by atoms with Crippen molar-refractivity contribution in [3.8, 4) is 0 Å². The van der Waals surface area contributed by atoms with Crippen LogP contribution in [0.3, 0.4) is 0 Å². The van der Waals surface area contributed by atoms with Crippen LogP contribution >= 0.6 is 0 Å². The summed E-state index contributed by atoms with van der Waals surface area (Å²) in [5, 5.41) is 3.14. The third-order valence-corrected chi connectivity index (χ3v) is 4.85. The van der Waals surface area contributed by atoms with Crippen molar-refractivity contribution in [1.29, 1.82) is 0 Å². The van der Waals surface area contributed by atoms with Gasteiger partial charge in [0.15, 0.2) is 0 Å². The number of hydrogen-bond acceptors (Lipinski definition) is 2. The molecule has 1 N–H and O–H groups in total. The molecule has 1 aromatic rings. The topological polar surface area (TPSA) is 41.6 Å². The molecule has 1 aliphatic carbocycles. The van der Waals surface area contributed by atoms with Crippen molar-refractivity contribution >= 4 is 6.03 Å². The van der Waals surface area contributed by atoms with Crippen LogP contribution in [0.25, 0.3) is 0 Å². The lowest BCUT2D eigenvalue weighted by Crippen LogP contribution is -2.41. The van der Waals surface area contributed by atoms with E-state index in [4.69, 9.17) is 4.74 Å². The SMILES string of the molecule is CCOCC1CCN(C(=O)NC2CCCc3cc(F)ccc32)C1. The van der Waals surface area contributed by atoms with E-state index in [1.54, 1.807) is 6.07 Å². The second-order valence-electron chi connectivity index (χ2n) is 6.50. The number of amides is 2. The van der Waals surface area contributed by atoms with Gasteiger partial charge < -0.3 is 15.0 Å². The van der Waals surface area contributed by atoms with Gasteiger partial charge in [-0.2, -0.15) is 0 Å². The molecule has 3 rings (SSSR count). The fraction of sp³-hybridized carbons (Fsp3) is 0.611. The maximum absolute atomic E-state index is 13.4. The first-order valence-corrected chi connectivity index (χ1v) is 8.59. The molecule has 126 valence electrons.